The van der Waals surface area contributed by atoms with E-state index in [9.17, 15) is 19.8 Å². The van der Waals surface area contributed by atoms with Crippen molar-refractivity contribution in [2.24, 2.45) is 23.0 Å². The molecule has 2 saturated heterocycles. The highest BCUT2D eigenvalue weighted by Crippen LogP contribution is 2.45. The fraction of sp³-hybridized carbons (Fsp3) is 0.731. The third kappa shape index (κ3) is 6.40. The van der Waals surface area contributed by atoms with Crippen molar-refractivity contribution >= 4 is 17.8 Å². The van der Waals surface area contributed by atoms with Gasteiger partial charge < -0.3 is 29.8 Å². The van der Waals surface area contributed by atoms with Crippen LogP contribution in [0.3, 0.4) is 0 Å². The first kappa shape index (κ1) is 28.4. The summed E-state index contributed by atoms with van der Waals surface area (Å²) in [5, 5.41) is 21.6. The molecular weight excluding hydrogens is 471 g/mol. The summed E-state index contributed by atoms with van der Waals surface area (Å²) >= 11 is 0. The van der Waals surface area contributed by atoms with Crippen LogP contribution >= 0.6 is 0 Å². The number of cyclic esters (lactones) is 1. The molecule has 0 radical (unpaired) electrons. The van der Waals surface area contributed by atoms with Crippen LogP contribution in [-0.2, 0) is 25.6 Å². The second-order valence-corrected chi connectivity index (χ2v) is 11.0. The molecule has 36 heavy (non-hydrogen) atoms. The molecule has 0 bridgehead atoms. The molecule has 0 spiro atoms. The predicted molar refractivity (Wildman–Crippen MR) is 129 cm³/mol. The Labute approximate surface area is 211 Å². The number of esters is 1. The molecule has 0 amide bonds. The number of Topliss-reactive ketones (excluding diaryl/α,β-unsaturated/α-hetero) is 1. The maximum Gasteiger partial charge on any atom is 0.309 e. The van der Waals surface area contributed by atoms with Crippen LogP contribution in [0.1, 0.15) is 78.3 Å². The number of aliphatic hydroxyl groups is 2. The first-order chi connectivity index (χ1) is 16.8. The second kappa shape index (κ2) is 11.1. The minimum atomic E-state index is -1.38. The molecular formula is C26H39FN2O7. The molecule has 7 atom stereocenters. The van der Waals surface area contributed by atoms with Crippen molar-refractivity contribution in [3.05, 3.63) is 23.7 Å². The van der Waals surface area contributed by atoms with E-state index in [0.717, 1.165) is 12.5 Å². The lowest BCUT2D eigenvalue weighted by atomic mass is 9.73. The molecule has 3 rings (SSSR count). The van der Waals surface area contributed by atoms with Gasteiger partial charge in [0.25, 0.3) is 0 Å². The van der Waals surface area contributed by atoms with Crippen LogP contribution in [0.4, 0.5) is 4.39 Å². The van der Waals surface area contributed by atoms with Crippen LogP contribution in [0.25, 0.3) is 6.08 Å². The number of hydrogen-bond donors (Lipinski definition) is 3. The van der Waals surface area contributed by atoms with Gasteiger partial charge >= 0.3 is 5.97 Å². The Bertz CT molecular complexity index is 977. The summed E-state index contributed by atoms with van der Waals surface area (Å²) in [6, 6.07) is 0. The largest absolute Gasteiger partial charge is 0.455 e. The summed E-state index contributed by atoms with van der Waals surface area (Å²) in [5.41, 5.74) is 3.86. The Hall–Kier alpha value is -2.14. The molecule has 1 aromatic heterocycles. The van der Waals surface area contributed by atoms with Crippen molar-refractivity contribution in [1.29, 1.82) is 0 Å². The number of nitrogens with two attached hydrogens (primary N) is 1. The average molecular weight is 511 g/mol. The molecule has 2 aliphatic rings. The third-order valence-corrected chi connectivity index (χ3v) is 7.74. The van der Waals surface area contributed by atoms with Gasteiger partial charge in [-0.15, -0.1) is 0 Å². The van der Waals surface area contributed by atoms with Crippen molar-refractivity contribution in [1.82, 2.24) is 4.98 Å². The molecule has 0 unspecified atom stereocenters. The molecule has 2 fully saturated rings. The molecule has 2 aliphatic heterocycles. The molecule has 1 aromatic rings. The topological polar surface area (TPSA) is 148 Å². The number of halogens is 1. The number of aromatic nitrogens is 1. The van der Waals surface area contributed by atoms with Gasteiger partial charge in [-0.25, -0.2) is 9.37 Å². The number of ether oxygens (including phenoxy) is 2. The first-order valence-corrected chi connectivity index (χ1v) is 12.6. The summed E-state index contributed by atoms with van der Waals surface area (Å²) in [5.74, 6) is -2.58. The maximum absolute atomic E-state index is 15.3. The molecule has 0 aromatic carbocycles. The van der Waals surface area contributed by atoms with Gasteiger partial charge in [-0.3, -0.25) is 9.59 Å². The third-order valence-electron chi connectivity index (χ3n) is 7.74. The van der Waals surface area contributed by atoms with Crippen LogP contribution in [0, 0.1) is 17.3 Å². The number of aliphatic hydroxyl groups excluding tert-OH is 2. The monoisotopic (exact) mass is 510 g/mol. The highest BCUT2D eigenvalue weighted by molar-refractivity contribution is 5.88. The fourth-order valence-corrected chi connectivity index (χ4v) is 4.90. The summed E-state index contributed by atoms with van der Waals surface area (Å²) in [6.45, 7) is 8.57. The molecule has 0 aliphatic carbocycles. The predicted octanol–water partition coefficient (Wildman–Crippen LogP) is 3.07. The summed E-state index contributed by atoms with van der Waals surface area (Å²) in [4.78, 5) is 30.0. The van der Waals surface area contributed by atoms with E-state index in [0.29, 0.717) is 12.8 Å². The van der Waals surface area contributed by atoms with Crippen molar-refractivity contribution in [3.63, 3.8) is 0 Å². The number of carbonyl (C=O) groups is 2. The molecule has 10 heteroatoms. The molecule has 202 valence electrons. The number of hydrogen-bond acceptors (Lipinski definition) is 9. The van der Waals surface area contributed by atoms with Gasteiger partial charge in [0.1, 0.15) is 23.6 Å². The number of rotatable bonds is 3. The van der Waals surface area contributed by atoms with Crippen LogP contribution in [0.5, 0.6) is 0 Å². The second-order valence-electron chi connectivity index (χ2n) is 11.0. The van der Waals surface area contributed by atoms with Crippen molar-refractivity contribution in [2.45, 2.75) is 103 Å². The van der Waals surface area contributed by atoms with Crippen LogP contribution in [0.2, 0.25) is 0 Å². The van der Waals surface area contributed by atoms with Crippen molar-refractivity contribution < 1.29 is 38.1 Å². The van der Waals surface area contributed by atoms with Gasteiger partial charge in [-0.05, 0) is 25.7 Å². The van der Waals surface area contributed by atoms with Crippen LogP contribution in [-0.4, -0.2) is 57.0 Å². The highest BCUT2D eigenvalue weighted by Gasteiger charge is 2.53. The minimum absolute atomic E-state index is 0.0583. The molecule has 4 N–H and O–H groups in total. The van der Waals surface area contributed by atoms with Gasteiger partial charge in [0.15, 0.2) is 6.10 Å². The van der Waals surface area contributed by atoms with E-state index >= 15 is 4.39 Å². The van der Waals surface area contributed by atoms with E-state index in [4.69, 9.17) is 19.6 Å². The van der Waals surface area contributed by atoms with E-state index in [2.05, 4.69) is 4.98 Å². The van der Waals surface area contributed by atoms with Gasteiger partial charge in [-0.1, -0.05) is 34.1 Å². The van der Waals surface area contributed by atoms with Gasteiger partial charge in [0.2, 0.25) is 5.89 Å². The molecule has 0 saturated carbocycles. The van der Waals surface area contributed by atoms with Crippen molar-refractivity contribution in [2.75, 3.05) is 0 Å². The van der Waals surface area contributed by atoms with Gasteiger partial charge in [0.05, 0.1) is 42.3 Å². The zero-order valence-electron chi connectivity index (χ0n) is 21.7. The number of oxazole rings is 1. The normalized spacial score (nSPS) is 36.8. The Kier molecular flexibility index (Phi) is 8.75. The van der Waals surface area contributed by atoms with Crippen LogP contribution < -0.4 is 5.73 Å². The van der Waals surface area contributed by atoms with Crippen molar-refractivity contribution in [3.8, 4) is 0 Å². The van der Waals surface area contributed by atoms with Gasteiger partial charge in [-0.2, -0.15) is 0 Å². The zero-order valence-corrected chi connectivity index (χ0v) is 21.7. The summed E-state index contributed by atoms with van der Waals surface area (Å²) in [7, 11) is 0. The summed E-state index contributed by atoms with van der Waals surface area (Å²) in [6.07, 6.45) is 0.181. The SMILES string of the molecule is C[C@H]1CCC[C@@]2(C)O[C@H]2C[C@@H](/C(F)=C/c2coc(CN)n2)OC(=O)C[C@H](O)C(C)(C)C(=O)[C@H](C)[C@H]1O. The quantitative estimate of drug-likeness (QED) is 0.412. The van der Waals surface area contributed by atoms with E-state index in [-0.39, 0.29) is 42.4 Å². The lowest BCUT2D eigenvalue weighted by molar-refractivity contribution is -0.155. The smallest absolute Gasteiger partial charge is 0.309 e. The lowest BCUT2D eigenvalue weighted by Gasteiger charge is -2.34. The first-order valence-electron chi connectivity index (χ1n) is 12.6. The molecule has 9 nitrogen and oxygen atoms in total. The highest BCUT2D eigenvalue weighted by atomic mass is 19.1. The fourth-order valence-electron chi connectivity index (χ4n) is 4.90. The number of ketones is 1. The Morgan fingerprint density at radius 1 is 1.28 bits per heavy atom. The van der Waals surface area contributed by atoms with E-state index in [1.54, 1.807) is 6.92 Å². The zero-order chi connectivity index (χ0) is 26.8. The Morgan fingerprint density at radius 3 is 2.61 bits per heavy atom. The summed E-state index contributed by atoms with van der Waals surface area (Å²) < 4.78 is 31.8. The van der Waals surface area contributed by atoms with E-state index in [1.807, 2.05) is 13.8 Å². The average Bonchev–Trinajstić information content (AvgIpc) is 3.23. The molecule has 3 heterocycles. The lowest BCUT2D eigenvalue weighted by Crippen LogP contribution is -2.45. The van der Waals surface area contributed by atoms with E-state index < -0.39 is 53.5 Å². The van der Waals surface area contributed by atoms with Crippen LogP contribution in [0.15, 0.2) is 16.5 Å². The standard InChI is InChI=1S/C26H39FN2O7/c1-14-7-6-8-26(5)20(36-26)10-18(17(27)9-16-13-34-21(12-28)29-16)35-22(31)11-19(30)25(3,4)24(33)15(2)23(14)32/h9,13-15,18-20,23,30,32H,6-8,10-12,28H2,1-5H3/b17-9-/t14-,15+,18-,19-,20-,23-,26+/m0/s1. The number of epoxide rings is 1. The Balaban J connectivity index is 1.85. The number of fused-ring (bicyclic) bond motifs is 1. The minimum Gasteiger partial charge on any atom is -0.455 e. The Morgan fingerprint density at radius 2 is 1.97 bits per heavy atom. The maximum atomic E-state index is 15.3. The number of carbonyl (C=O) groups excluding carboxylic acids is 2. The number of nitrogens with zero attached hydrogens (tertiary/aromatic N) is 1. The van der Waals surface area contributed by atoms with Gasteiger partial charge in [0, 0.05) is 18.4 Å². The van der Waals surface area contributed by atoms with E-state index in [1.165, 1.54) is 20.1 Å².